The fourth-order valence-corrected chi connectivity index (χ4v) is 3.08. The highest BCUT2D eigenvalue weighted by Gasteiger charge is 2.16. The number of aromatic nitrogens is 5. The number of ether oxygens (including phenoxy) is 1. The summed E-state index contributed by atoms with van der Waals surface area (Å²) in [6, 6.07) is 0. The Morgan fingerprint density at radius 1 is 1.45 bits per heavy atom. The first-order valence-corrected chi connectivity index (χ1v) is 7.43. The maximum absolute atomic E-state index is 11.9. The Labute approximate surface area is 123 Å². The van der Waals surface area contributed by atoms with Crippen molar-refractivity contribution < 1.29 is 6.11 Å². The molecular weight excluding hydrogens is 298 g/mol. The Bertz CT molecular complexity index is 834. The van der Waals surface area contributed by atoms with Crippen LogP contribution in [0.2, 0.25) is 0 Å². The van der Waals surface area contributed by atoms with Gasteiger partial charge in [-0.2, -0.15) is 4.68 Å². The molecule has 0 fully saturated rings. The van der Waals surface area contributed by atoms with Crippen molar-refractivity contribution in [2.75, 3.05) is 0 Å². The van der Waals surface area contributed by atoms with Gasteiger partial charge in [-0.05, 0) is 28.3 Å². The summed E-state index contributed by atoms with van der Waals surface area (Å²) in [5, 5.41) is 12.2. The number of tetrazole rings is 1. The lowest BCUT2D eigenvalue weighted by Crippen LogP contribution is -2.22. The first kappa shape index (κ1) is 11.8. The van der Waals surface area contributed by atoms with E-state index in [1.165, 1.54) is 32.0 Å². The van der Waals surface area contributed by atoms with Crippen molar-refractivity contribution in [1.82, 2.24) is 24.8 Å². The molecule has 0 unspecified atom stereocenters. The number of aryl methyl sites for hydroxylation is 2. The van der Waals surface area contributed by atoms with E-state index in [1.54, 1.807) is 12.4 Å². The molecule has 0 N–H and O–H groups in total. The molecule has 0 spiro atoms. The van der Waals surface area contributed by atoms with E-state index >= 15 is 0 Å². The van der Waals surface area contributed by atoms with Crippen LogP contribution in [0.1, 0.15) is 12.5 Å². The molecular formula is C11H11N5O2S2. The van der Waals surface area contributed by atoms with E-state index in [9.17, 15) is 4.79 Å². The molecule has 7 nitrogen and oxygen atoms in total. The maximum atomic E-state index is 11.9. The Kier molecular flexibility index (Phi) is 3.05. The molecule has 0 saturated heterocycles. The average Bonchev–Trinajstić information content (AvgIpc) is 3.11. The van der Waals surface area contributed by atoms with Crippen molar-refractivity contribution in [3.8, 4) is 10.2 Å². The maximum Gasteiger partial charge on any atom is 0.368 e. The predicted molar refractivity (Wildman–Crippen MR) is 75.7 cm³/mol. The summed E-state index contributed by atoms with van der Waals surface area (Å²) in [7, 11) is 1.55. The highest BCUT2D eigenvalue weighted by Crippen LogP contribution is 2.26. The molecule has 3 aromatic rings. The van der Waals surface area contributed by atoms with Crippen molar-refractivity contribution in [2.45, 2.75) is 13.5 Å². The van der Waals surface area contributed by atoms with Crippen LogP contribution in [-0.2, 0) is 13.7 Å². The van der Waals surface area contributed by atoms with Gasteiger partial charge < -0.3 is 4.74 Å². The van der Waals surface area contributed by atoms with E-state index in [2.05, 4.69) is 15.4 Å². The van der Waals surface area contributed by atoms with Crippen molar-refractivity contribution >= 4 is 22.7 Å². The molecule has 3 heterocycles. The second kappa shape index (κ2) is 5.17. The second-order valence-corrected chi connectivity index (χ2v) is 5.71. The van der Waals surface area contributed by atoms with E-state index in [1.807, 2.05) is 12.3 Å². The zero-order valence-corrected chi connectivity index (χ0v) is 12.4. The fraction of sp³-hybridized carbons (Fsp3) is 0.273. The number of rotatable bonds is 4. The zero-order chi connectivity index (χ0) is 15.0. The predicted octanol–water partition coefficient (Wildman–Crippen LogP) is 1.37. The van der Waals surface area contributed by atoms with Crippen molar-refractivity contribution in [1.29, 1.82) is 0 Å². The summed E-state index contributed by atoms with van der Waals surface area (Å²) in [5.74, 6) is 0. The SMILES string of the molecule is [3H]c1csc(OCc2c(C)csc2-n2nnn(C)c2=O)n1. The third-order valence-electron chi connectivity index (χ3n) is 2.70. The van der Waals surface area contributed by atoms with Gasteiger partial charge in [-0.1, -0.05) is 11.3 Å². The first-order valence-electron chi connectivity index (χ1n) is 6.17. The van der Waals surface area contributed by atoms with Gasteiger partial charge in [-0.25, -0.2) is 9.78 Å². The molecule has 0 aromatic carbocycles. The van der Waals surface area contributed by atoms with E-state index in [4.69, 9.17) is 6.11 Å². The van der Waals surface area contributed by atoms with Crippen LogP contribution in [0.4, 0.5) is 0 Å². The summed E-state index contributed by atoms with van der Waals surface area (Å²) in [6.45, 7) is 2.21. The standard InChI is InChI=1S/C11H11N5O2S2/c1-7-6-20-9(16-11(17)15(2)13-14-16)8(7)5-18-10-12-3-4-19-10/h3-4,6H,5H2,1-2H3/i3T. The van der Waals surface area contributed by atoms with Gasteiger partial charge in [-0.15, -0.1) is 16.0 Å². The average molecular weight is 311 g/mol. The van der Waals surface area contributed by atoms with Crippen LogP contribution in [0.15, 0.2) is 21.7 Å². The summed E-state index contributed by atoms with van der Waals surface area (Å²) in [5.41, 5.74) is 1.57. The lowest BCUT2D eigenvalue weighted by atomic mass is 10.2. The summed E-state index contributed by atoms with van der Waals surface area (Å²) in [6.07, 6.45) is 0.183. The molecule has 3 aromatic heterocycles. The number of nitrogens with zero attached hydrogens (tertiary/aromatic N) is 5. The van der Waals surface area contributed by atoms with Crippen LogP contribution in [0.25, 0.3) is 5.00 Å². The lowest BCUT2D eigenvalue weighted by molar-refractivity contribution is 0.303. The summed E-state index contributed by atoms with van der Waals surface area (Å²) >= 11 is 2.68. The highest BCUT2D eigenvalue weighted by atomic mass is 32.1. The smallest absolute Gasteiger partial charge is 0.368 e. The van der Waals surface area contributed by atoms with Gasteiger partial charge in [0.25, 0.3) is 5.19 Å². The Morgan fingerprint density at radius 3 is 2.95 bits per heavy atom. The molecule has 0 radical (unpaired) electrons. The van der Waals surface area contributed by atoms with Gasteiger partial charge in [0.05, 0.1) is 1.37 Å². The van der Waals surface area contributed by atoms with Crippen LogP contribution in [-0.4, -0.2) is 24.8 Å². The molecule has 9 heteroatoms. The van der Waals surface area contributed by atoms with Crippen LogP contribution in [0, 0.1) is 6.92 Å². The minimum atomic E-state index is -0.305. The summed E-state index contributed by atoms with van der Waals surface area (Å²) < 4.78 is 15.4. The van der Waals surface area contributed by atoms with Crippen molar-refractivity contribution in [3.05, 3.63) is 38.5 Å². The van der Waals surface area contributed by atoms with Crippen LogP contribution < -0.4 is 10.4 Å². The largest absolute Gasteiger partial charge is 0.465 e. The zero-order valence-electron chi connectivity index (χ0n) is 11.7. The van der Waals surface area contributed by atoms with Gasteiger partial charge in [0.2, 0.25) is 0 Å². The van der Waals surface area contributed by atoms with Crippen molar-refractivity contribution in [2.24, 2.45) is 7.05 Å². The quantitative estimate of drug-likeness (QED) is 0.727. The fourth-order valence-electron chi connectivity index (χ4n) is 1.63. The normalized spacial score (nSPS) is 11.6. The number of thiazole rings is 1. The molecule has 104 valence electrons. The topological polar surface area (TPSA) is 74.8 Å². The molecule has 0 aliphatic carbocycles. The monoisotopic (exact) mass is 311 g/mol. The minimum Gasteiger partial charge on any atom is -0.465 e. The second-order valence-electron chi connectivity index (χ2n) is 4.03. The van der Waals surface area contributed by atoms with Crippen LogP contribution in [0.3, 0.4) is 0 Å². The minimum absolute atomic E-state index is 0.183. The molecule has 0 bridgehead atoms. The van der Waals surface area contributed by atoms with Crippen molar-refractivity contribution in [3.63, 3.8) is 0 Å². The Balaban J connectivity index is 1.90. The molecule has 0 saturated carbocycles. The number of thiophene rings is 1. The summed E-state index contributed by atoms with van der Waals surface area (Å²) in [4.78, 5) is 15.9. The van der Waals surface area contributed by atoms with Gasteiger partial charge >= 0.3 is 5.69 Å². The van der Waals surface area contributed by atoms with Gasteiger partial charge in [0.15, 0.2) is 0 Å². The lowest BCUT2D eigenvalue weighted by Gasteiger charge is -2.04. The molecule has 0 aliphatic heterocycles. The van der Waals surface area contributed by atoms with Gasteiger partial charge in [-0.3, -0.25) is 0 Å². The molecule has 20 heavy (non-hydrogen) atoms. The highest BCUT2D eigenvalue weighted by molar-refractivity contribution is 7.13. The molecule has 0 atom stereocenters. The number of hydrogen-bond acceptors (Lipinski definition) is 7. The van der Waals surface area contributed by atoms with Crippen LogP contribution in [0.5, 0.6) is 5.19 Å². The molecule has 0 aliphatic rings. The van der Waals surface area contributed by atoms with E-state index in [0.29, 0.717) is 10.2 Å². The van der Waals surface area contributed by atoms with Gasteiger partial charge in [0.1, 0.15) is 11.6 Å². The molecule has 0 amide bonds. The third kappa shape index (κ3) is 2.25. The van der Waals surface area contributed by atoms with E-state index < -0.39 is 0 Å². The first-order chi connectivity index (χ1) is 10.1. The van der Waals surface area contributed by atoms with E-state index in [-0.39, 0.29) is 18.5 Å². The Morgan fingerprint density at radius 2 is 2.30 bits per heavy atom. The Hall–Kier alpha value is -2.00. The van der Waals surface area contributed by atoms with Crippen LogP contribution >= 0.6 is 22.7 Å². The third-order valence-corrected chi connectivity index (χ3v) is 4.45. The van der Waals surface area contributed by atoms with Gasteiger partial charge in [0, 0.05) is 24.2 Å². The number of hydrogen-bond donors (Lipinski definition) is 0. The van der Waals surface area contributed by atoms with E-state index in [0.717, 1.165) is 11.1 Å². The molecule has 3 rings (SSSR count).